The van der Waals surface area contributed by atoms with Crippen LogP contribution >= 0.6 is 0 Å². The Morgan fingerprint density at radius 1 is 1.16 bits per heavy atom. The molecular formula is C16H19F3N2O3S. The number of aryl methyl sites for hydroxylation is 1. The van der Waals surface area contributed by atoms with Gasteiger partial charge in [0.25, 0.3) is 0 Å². The lowest BCUT2D eigenvalue weighted by Gasteiger charge is -2.30. The highest BCUT2D eigenvalue weighted by atomic mass is 32.2. The molecule has 1 aromatic rings. The molecule has 0 bridgehead atoms. The van der Waals surface area contributed by atoms with Crippen molar-refractivity contribution in [3.8, 4) is 0 Å². The molecule has 1 aromatic carbocycles. The van der Waals surface area contributed by atoms with Crippen LogP contribution < -0.4 is 10.0 Å². The lowest BCUT2D eigenvalue weighted by atomic mass is 9.86. The summed E-state index contributed by atoms with van der Waals surface area (Å²) in [6.07, 6.45) is -3.04. The summed E-state index contributed by atoms with van der Waals surface area (Å²) in [7, 11) is -3.91. The first-order chi connectivity index (χ1) is 11.6. The van der Waals surface area contributed by atoms with Crippen LogP contribution in [0.4, 0.5) is 18.9 Å². The highest BCUT2D eigenvalue weighted by Gasteiger charge is 2.42. The predicted octanol–water partition coefficient (Wildman–Crippen LogP) is 2.97. The zero-order valence-corrected chi connectivity index (χ0v) is 14.2. The number of alkyl halides is 3. The summed E-state index contributed by atoms with van der Waals surface area (Å²) < 4.78 is 66.1. The van der Waals surface area contributed by atoms with E-state index in [2.05, 4.69) is 10.0 Å². The van der Waals surface area contributed by atoms with Crippen LogP contribution in [0.15, 0.2) is 23.1 Å². The second kappa shape index (κ2) is 6.60. The second-order valence-corrected chi connectivity index (χ2v) is 8.30. The fourth-order valence-corrected chi connectivity index (χ4v) is 4.74. The molecule has 138 valence electrons. The summed E-state index contributed by atoms with van der Waals surface area (Å²) in [6.45, 7) is 0. The van der Waals surface area contributed by atoms with Crippen molar-refractivity contribution < 1.29 is 26.4 Å². The summed E-state index contributed by atoms with van der Waals surface area (Å²) in [6, 6.07) is 3.62. The molecule has 0 saturated heterocycles. The maximum Gasteiger partial charge on any atom is 0.391 e. The molecule has 3 rings (SSSR count). The van der Waals surface area contributed by atoms with Crippen molar-refractivity contribution in [3.63, 3.8) is 0 Å². The monoisotopic (exact) mass is 376 g/mol. The molecule has 9 heteroatoms. The fraction of sp³-hybridized carbons (Fsp3) is 0.562. The van der Waals surface area contributed by atoms with E-state index < -0.39 is 28.2 Å². The van der Waals surface area contributed by atoms with Crippen molar-refractivity contribution in [3.05, 3.63) is 23.8 Å². The second-order valence-electron chi connectivity index (χ2n) is 6.59. The van der Waals surface area contributed by atoms with Crippen molar-refractivity contribution in [2.45, 2.75) is 55.6 Å². The quantitative estimate of drug-likeness (QED) is 0.852. The number of hydrogen-bond donors (Lipinski definition) is 2. The highest BCUT2D eigenvalue weighted by molar-refractivity contribution is 7.89. The molecule has 0 aromatic heterocycles. The molecule has 1 heterocycles. The number of amides is 1. The Hall–Kier alpha value is -1.61. The summed E-state index contributed by atoms with van der Waals surface area (Å²) >= 11 is 0. The van der Waals surface area contributed by atoms with Gasteiger partial charge in [0.2, 0.25) is 15.9 Å². The zero-order valence-electron chi connectivity index (χ0n) is 13.4. The van der Waals surface area contributed by atoms with Gasteiger partial charge < -0.3 is 5.32 Å². The molecule has 1 aliphatic carbocycles. The average molecular weight is 376 g/mol. The minimum atomic E-state index is -4.30. The van der Waals surface area contributed by atoms with Gasteiger partial charge in [-0.2, -0.15) is 13.2 Å². The lowest BCUT2D eigenvalue weighted by molar-refractivity contribution is -0.183. The lowest BCUT2D eigenvalue weighted by Crippen LogP contribution is -2.41. The third-order valence-corrected chi connectivity index (χ3v) is 6.26. The molecule has 1 fully saturated rings. The average Bonchev–Trinajstić information content (AvgIpc) is 2.53. The molecule has 2 unspecified atom stereocenters. The van der Waals surface area contributed by atoms with Gasteiger partial charge in [-0.25, -0.2) is 13.1 Å². The van der Waals surface area contributed by atoms with Crippen molar-refractivity contribution in [1.82, 2.24) is 4.72 Å². The molecule has 2 N–H and O–H groups in total. The molecule has 2 aliphatic rings. The summed E-state index contributed by atoms with van der Waals surface area (Å²) in [5.41, 5.74) is 1.28. The zero-order chi connectivity index (χ0) is 18.2. The van der Waals surface area contributed by atoms with Gasteiger partial charge in [-0.1, -0.05) is 6.42 Å². The van der Waals surface area contributed by atoms with Crippen molar-refractivity contribution in [1.29, 1.82) is 0 Å². The Morgan fingerprint density at radius 3 is 2.64 bits per heavy atom. The normalized spacial score (nSPS) is 24.5. The molecule has 0 radical (unpaired) electrons. The van der Waals surface area contributed by atoms with E-state index in [-0.39, 0.29) is 30.1 Å². The Labute approximate surface area is 144 Å². The predicted molar refractivity (Wildman–Crippen MR) is 85.5 cm³/mol. The standard InChI is InChI=1S/C16H19F3N2O3S/c17-16(18,19)11-2-1-3-12(9-11)21-25(23,24)13-5-6-14-10(8-13)4-7-15(22)20-14/h5-6,8,11-12,21H,1-4,7,9H2,(H,20,22). The van der Waals surface area contributed by atoms with Crippen LogP contribution in [0.1, 0.15) is 37.7 Å². The van der Waals surface area contributed by atoms with Crippen molar-refractivity contribution in [2.75, 3.05) is 5.32 Å². The van der Waals surface area contributed by atoms with Gasteiger partial charge in [0, 0.05) is 18.2 Å². The number of nitrogens with one attached hydrogen (secondary N) is 2. The fourth-order valence-electron chi connectivity index (χ4n) is 3.41. The molecular weight excluding hydrogens is 357 g/mol. The highest BCUT2D eigenvalue weighted by Crippen LogP contribution is 2.38. The number of rotatable bonds is 3. The minimum absolute atomic E-state index is 0.0107. The van der Waals surface area contributed by atoms with E-state index >= 15 is 0 Å². The van der Waals surface area contributed by atoms with E-state index in [4.69, 9.17) is 0 Å². The topological polar surface area (TPSA) is 75.3 Å². The molecule has 1 saturated carbocycles. The smallest absolute Gasteiger partial charge is 0.326 e. The van der Waals surface area contributed by atoms with E-state index in [0.717, 1.165) is 0 Å². The first kappa shape index (κ1) is 18.2. The van der Waals surface area contributed by atoms with Gasteiger partial charge in [-0.05, 0) is 49.4 Å². The first-order valence-corrected chi connectivity index (χ1v) is 9.65. The Morgan fingerprint density at radius 2 is 1.92 bits per heavy atom. The van der Waals surface area contributed by atoms with Gasteiger partial charge in [0.05, 0.1) is 10.8 Å². The van der Waals surface area contributed by atoms with Gasteiger partial charge >= 0.3 is 6.18 Å². The summed E-state index contributed by atoms with van der Waals surface area (Å²) in [4.78, 5) is 11.4. The Kier molecular flexibility index (Phi) is 4.80. The van der Waals surface area contributed by atoms with Gasteiger partial charge in [-0.15, -0.1) is 0 Å². The SMILES string of the molecule is O=C1CCc2cc(S(=O)(=O)NC3CCCC(C(F)(F)F)C3)ccc2N1. The molecule has 1 aliphatic heterocycles. The number of halogens is 3. The first-order valence-electron chi connectivity index (χ1n) is 8.17. The number of carbonyl (C=O) groups is 1. The number of carbonyl (C=O) groups excluding carboxylic acids is 1. The van der Waals surface area contributed by atoms with Crippen LogP contribution in [0.5, 0.6) is 0 Å². The van der Waals surface area contributed by atoms with E-state index in [1.54, 1.807) is 0 Å². The largest absolute Gasteiger partial charge is 0.391 e. The molecule has 0 spiro atoms. The van der Waals surface area contributed by atoms with Gasteiger partial charge in [0.15, 0.2) is 0 Å². The molecule has 1 amide bonds. The molecule has 25 heavy (non-hydrogen) atoms. The number of benzene rings is 1. The van der Waals surface area contributed by atoms with Gasteiger partial charge in [0.1, 0.15) is 0 Å². The van der Waals surface area contributed by atoms with Gasteiger partial charge in [-0.3, -0.25) is 4.79 Å². The van der Waals surface area contributed by atoms with E-state index in [9.17, 15) is 26.4 Å². The van der Waals surface area contributed by atoms with Crippen LogP contribution in [-0.2, 0) is 21.2 Å². The van der Waals surface area contributed by atoms with Crippen molar-refractivity contribution in [2.24, 2.45) is 5.92 Å². The van der Waals surface area contributed by atoms with Crippen molar-refractivity contribution >= 4 is 21.6 Å². The summed E-state index contributed by atoms with van der Waals surface area (Å²) in [5.74, 6) is -1.59. The van der Waals surface area contributed by atoms with Crippen LogP contribution in [0.3, 0.4) is 0 Å². The number of anilines is 1. The minimum Gasteiger partial charge on any atom is -0.326 e. The number of sulfonamides is 1. The Balaban J connectivity index is 1.75. The van der Waals surface area contributed by atoms with E-state index in [0.29, 0.717) is 30.5 Å². The maximum absolute atomic E-state index is 12.9. The van der Waals surface area contributed by atoms with E-state index in [1.807, 2.05) is 0 Å². The Bertz CT molecular complexity index is 777. The molecule has 5 nitrogen and oxygen atoms in total. The van der Waals surface area contributed by atoms with Crippen LogP contribution in [-0.4, -0.2) is 26.5 Å². The number of hydrogen-bond acceptors (Lipinski definition) is 3. The van der Waals surface area contributed by atoms with E-state index in [1.165, 1.54) is 18.2 Å². The van der Waals surface area contributed by atoms with Crippen LogP contribution in [0.25, 0.3) is 0 Å². The third kappa shape index (κ3) is 4.14. The third-order valence-electron chi connectivity index (χ3n) is 4.74. The molecule has 2 atom stereocenters. The number of fused-ring (bicyclic) bond motifs is 1. The van der Waals surface area contributed by atoms with Crippen LogP contribution in [0.2, 0.25) is 0 Å². The summed E-state index contributed by atoms with van der Waals surface area (Å²) in [5, 5.41) is 2.66. The van der Waals surface area contributed by atoms with Crippen LogP contribution in [0, 0.1) is 5.92 Å². The maximum atomic E-state index is 12.9.